The van der Waals surface area contributed by atoms with Crippen LogP contribution in [0.2, 0.25) is 5.02 Å². The molecule has 6 rings (SSSR count). The molecule has 3 aromatic rings. The van der Waals surface area contributed by atoms with Gasteiger partial charge in [0.2, 0.25) is 10.0 Å². The Morgan fingerprint density at radius 1 is 0.963 bits per heavy atom. The number of pyridine rings is 1. The lowest BCUT2D eigenvalue weighted by Gasteiger charge is -2.31. The maximum atomic E-state index is 13.8. The van der Waals surface area contributed by atoms with Crippen molar-refractivity contribution in [3.05, 3.63) is 77.1 Å². The Morgan fingerprint density at radius 2 is 1.69 bits per heavy atom. The molecule has 2 heterocycles. The van der Waals surface area contributed by atoms with Gasteiger partial charge in [-0.25, -0.2) is 13.2 Å². The van der Waals surface area contributed by atoms with Crippen LogP contribution in [-0.4, -0.2) is 113 Å². The molecule has 16 heteroatoms. The number of ether oxygens (including phenoxy) is 2. The van der Waals surface area contributed by atoms with Crippen molar-refractivity contribution >= 4 is 27.7 Å². The van der Waals surface area contributed by atoms with E-state index in [0.717, 1.165) is 48.1 Å². The summed E-state index contributed by atoms with van der Waals surface area (Å²) in [5, 5.41) is 53.3. The van der Waals surface area contributed by atoms with Crippen LogP contribution >= 0.6 is 11.6 Å². The molecular formula is C38H49ClN4O10S. The minimum atomic E-state index is -3.81. The first-order chi connectivity index (χ1) is 25.9. The molecule has 4 atom stereocenters. The zero-order chi connectivity index (χ0) is 38.5. The van der Waals surface area contributed by atoms with Gasteiger partial charge in [0.25, 0.3) is 0 Å². The number of aliphatic hydroxyl groups is 5. The molecule has 3 fully saturated rings. The quantitative estimate of drug-likeness (QED) is 0.0997. The Hall–Kier alpha value is -3.38. The molecule has 7 N–H and O–H groups in total. The summed E-state index contributed by atoms with van der Waals surface area (Å²) in [5.74, 6) is 1.01. The number of carbonyl (C=O) groups excluding carboxylic acids is 1. The minimum Gasteiger partial charge on any atom is -0.490 e. The summed E-state index contributed by atoms with van der Waals surface area (Å²) < 4.78 is 41.8. The Balaban J connectivity index is 0.999. The lowest BCUT2D eigenvalue weighted by atomic mass is 9.95. The third-order valence-electron chi connectivity index (χ3n) is 10.4. The molecular weight excluding hydrogens is 740 g/mol. The number of amides is 2. The van der Waals surface area contributed by atoms with Crippen LogP contribution in [0.3, 0.4) is 0 Å². The summed E-state index contributed by atoms with van der Waals surface area (Å²) in [5.41, 5.74) is 2.94. The molecule has 3 aliphatic rings. The van der Waals surface area contributed by atoms with Crippen LogP contribution in [0, 0.1) is 5.92 Å². The maximum absolute atomic E-state index is 13.8. The standard InChI is InChI=1S/C38H49ClN4O10S/c39-31-8-7-27(54(50,51)43-17-11-24(12-18-43)9-16-41-37(49)42-21-32(45)35(47)36(48)33(46)22-44)19-25(31)23-52-38(13-14-38)30-20-40-15-10-28(30)29-3-1-2-4-34(29)53-26-5-6-26/h1-4,7-8,10,15,19-20,24,26,32-33,35-36,44-48H,5-6,9,11-14,16-18,21-23H2,(H2,41,42,49)/t32-,33+,35+,36+/m0/s1. The number of hydrogen-bond donors (Lipinski definition) is 7. The Kier molecular flexibility index (Phi) is 13.1. The van der Waals surface area contributed by atoms with Gasteiger partial charge in [-0.3, -0.25) is 4.98 Å². The zero-order valence-corrected chi connectivity index (χ0v) is 31.5. The minimum absolute atomic E-state index is 0.119. The van der Waals surface area contributed by atoms with Gasteiger partial charge < -0.3 is 45.6 Å². The number of piperidine rings is 1. The number of urea groups is 1. The molecule has 2 aliphatic carbocycles. The highest BCUT2D eigenvalue weighted by molar-refractivity contribution is 7.89. The number of para-hydroxylation sites is 1. The number of aliphatic hydroxyl groups excluding tert-OH is 5. The SMILES string of the molecule is O=C(NCCC1CCN(S(=O)(=O)c2ccc(Cl)c(COC3(c4cnccc4-c4ccccc4OC4CC4)CC3)c2)CC1)NC[C@H](O)[C@@H](O)[C@H](O)[C@H](O)CO. The summed E-state index contributed by atoms with van der Waals surface area (Å²) in [4.78, 5) is 16.7. The van der Waals surface area contributed by atoms with Crippen molar-refractivity contribution in [3.63, 3.8) is 0 Å². The average molecular weight is 789 g/mol. The zero-order valence-electron chi connectivity index (χ0n) is 29.9. The molecule has 0 unspecified atom stereocenters. The number of benzene rings is 2. The van der Waals surface area contributed by atoms with E-state index in [1.165, 1.54) is 10.4 Å². The topological polar surface area (TPSA) is 211 Å². The predicted octanol–water partition coefficient (Wildman–Crippen LogP) is 2.67. The summed E-state index contributed by atoms with van der Waals surface area (Å²) in [7, 11) is -3.81. The molecule has 1 aromatic heterocycles. The largest absolute Gasteiger partial charge is 0.490 e. The van der Waals surface area contributed by atoms with E-state index in [9.17, 15) is 33.6 Å². The maximum Gasteiger partial charge on any atom is 0.314 e. The molecule has 2 saturated carbocycles. The van der Waals surface area contributed by atoms with Crippen LogP contribution in [0.25, 0.3) is 11.1 Å². The number of carbonyl (C=O) groups is 1. The third kappa shape index (κ3) is 9.70. The molecule has 0 spiro atoms. The van der Waals surface area contributed by atoms with Crippen LogP contribution < -0.4 is 15.4 Å². The van der Waals surface area contributed by atoms with Gasteiger partial charge in [-0.15, -0.1) is 0 Å². The Labute approximate surface area is 320 Å². The van der Waals surface area contributed by atoms with Gasteiger partial charge in [0.05, 0.1) is 35.9 Å². The van der Waals surface area contributed by atoms with Gasteiger partial charge in [0.1, 0.15) is 24.1 Å². The predicted molar refractivity (Wildman–Crippen MR) is 199 cm³/mol. The number of halogens is 1. The van der Waals surface area contributed by atoms with E-state index in [2.05, 4.69) is 15.6 Å². The van der Waals surface area contributed by atoms with Gasteiger partial charge in [0, 0.05) is 54.7 Å². The van der Waals surface area contributed by atoms with Crippen LogP contribution in [0.15, 0.2) is 65.8 Å². The van der Waals surface area contributed by atoms with Crippen LogP contribution in [0.1, 0.15) is 56.1 Å². The number of sulfonamides is 1. The fraction of sp³-hybridized carbons (Fsp3) is 0.526. The summed E-state index contributed by atoms with van der Waals surface area (Å²) in [6.45, 7) is -0.138. The smallest absolute Gasteiger partial charge is 0.314 e. The molecule has 1 aliphatic heterocycles. The van der Waals surface area contributed by atoms with E-state index >= 15 is 0 Å². The molecule has 2 amide bonds. The van der Waals surface area contributed by atoms with Gasteiger partial charge in [-0.2, -0.15) is 4.31 Å². The van der Waals surface area contributed by atoms with Crippen molar-refractivity contribution < 1.29 is 48.2 Å². The molecule has 294 valence electrons. The van der Waals surface area contributed by atoms with Crippen molar-refractivity contribution in [2.45, 2.75) is 92.6 Å². The normalized spacial score (nSPS) is 19.7. The first kappa shape index (κ1) is 40.3. The van der Waals surface area contributed by atoms with Crippen molar-refractivity contribution in [3.8, 4) is 16.9 Å². The lowest BCUT2D eigenvalue weighted by molar-refractivity contribution is -0.113. The van der Waals surface area contributed by atoms with Crippen molar-refractivity contribution in [1.29, 1.82) is 0 Å². The highest BCUT2D eigenvalue weighted by Crippen LogP contribution is 2.53. The van der Waals surface area contributed by atoms with Gasteiger partial charge in [-0.05, 0) is 92.3 Å². The molecule has 1 saturated heterocycles. The van der Waals surface area contributed by atoms with Crippen molar-refractivity contribution in [2.75, 3.05) is 32.8 Å². The Bertz CT molecular complexity index is 1850. The second-order valence-corrected chi connectivity index (χ2v) is 16.7. The number of hydrogen-bond acceptors (Lipinski definition) is 11. The first-order valence-electron chi connectivity index (χ1n) is 18.4. The molecule has 2 aromatic carbocycles. The summed E-state index contributed by atoms with van der Waals surface area (Å²) in [6.07, 6.45) is 2.59. The van der Waals surface area contributed by atoms with Crippen LogP contribution in [0.5, 0.6) is 5.75 Å². The van der Waals surface area contributed by atoms with Crippen molar-refractivity contribution in [2.24, 2.45) is 5.92 Å². The fourth-order valence-corrected chi connectivity index (χ4v) is 8.41. The highest BCUT2D eigenvalue weighted by atomic mass is 35.5. The monoisotopic (exact) mass is 788 g/mol. The van der Waals surface area contributed by atoms with Gasteiger partial charge in [0.15, 0.2) is 0 Å². The lowest BCUT2D eigenvalue weighted by Crippen LogP contribution is -2.50. The second-order valence-electron chi connectivity index (χ2n) is 14.3. The van der Waals surface area contributed by atoms with E-state index in [1.54, 1.807) is 18.3 Å². The third-order valence-corrected chi connectivity index (χ3v) is 12.6. The average Bonchev–Trinajstić information content (AvgIpc) is 4.14. The first-order valence-corrected chi connectivity index (χ1v) is 20.2. The number of aromatic nitrogens is 1. The molecule has 0 bridgehead atoms. The van der Waals surface area contributed by atoms with E-state index in [1.807, 2.05) is 36.5 Å². The fourth-order valence-electron chi connectivity index (χ4n) is 6.71. The second kappa shape index (κ2) is 17.6. The van der Waals surface area contributed by atoms with E-state index in [0.29, 0.717) is 49.5 Å². The van der Waals surface area contributed by atoms with Crippen LogP contribution in [-0.2, 0) is 27.0 Å². The molecule has 54 heavy (non-hydrogen) atoms. The van der Waals surface area contributed by atoms with Crippen molar-refractivity contribution in [1.82, 2.24) is 19.9 Å². The number of nitrogens with one attached hydrogen (secondary N) is 2. The summed E-state index contributed by atoms with van der Waals surface area (Å²) in [6, 6.07) is 14.1. The number of nitrogens with zero attached hydrogens (tertiary/aromatic N) is 2. The molecule has 14 nitrogen and oxygen atoms in total. The van der Waals surface area contributed by atoms with E-state index in [-0.39, 0.29) is 23.5 Å². The molecule has 0 radical (unpaired) electrons. The Morgan fingerprint density at radius 3 is 2.39 bits per heavy atom. The van der Waals surface area contributed by atoms with E-state index < -0.39 is 59.2 Å². The highest BCUT2D eigenvalue weighted by Gasteiger charge is 2.48. The van der Waals surface area contributed by atoms with Crippen LogP contribution in [0.4, 0.5) is 4.79 Å². The number of rotatable bonds is 18. The van der Waals surface area contributed by atoms with Gasteiger partial charge >= 0.3 is 6.03 Å². The van der Waals surface area contributed by atoms with E-state index in [4.69, 9.17) is 26.2 Å². The van der Waals surface area contributed by atoms with Gasteiger partial charge in [-0.1, -0.05) is 29.8 Å². The summed E-state index contributed by atoms with van der Waals surface area (Å²) >= 11 is 6.60.